The van der Waals surface area contributed by atoms with Crippen molar-refractivity contribution in [3.05, 3.63) is 59.9 Å². The van der Waals surface area contributed by atoms with E-state index in [2.05, 4.69) is 37.9 Å². The second kappa shape index (κ2) is 8.50. The number of fused-ring (bicyclic) bond motifs is 1. The van der Waals surface area contributed by atoms with Crippen LogP contribution in [0, 0.1) is 0 Å². The number of hydrogen-bond donors (Lipinski definition) is 1. The summed E-state index contributed by atoms with van der Waals surface area (Å²) >= 11 is 0. The van der Waals surface area contributed by atoms with E-state index in [0.29, 0.717) is 19.4 Å². The van der Waals surface area contributed by atoms with E-state index in [1.807, 2.05) is 41.3 Å². The largest absolute Gasteiger partial charge is 0.494 e. The van der Waals surface area contributed by atoms with Crippen LogP contribution in [0.15, 0.2) is 48.5 Å². The van der Waals surface area contributed by atoms with Crippen molar-refractivity contribution < 1.29 is 9.53 Å². The summed E-state index contributed by atoms with van der Waals surface area (Å²) in [4.78, 5) is 22.9. The zero-order valence-electron chi connectivity index (χ0n) is 18.1. The van der Waals surface area contributed by atoms with Gasteiger partial charge in [0.25, 0.3) is 0 Å². The molecule has 5 nitrogen and oxygen atoms in total. The van der Waals surface area contributed by atoms with Gasteiger partial charge in [-0.1, -0.05) is 45.0 Å². The first kappa shape index (κ1) is 20.5. The molecule has 1 aliphatic rings. The number of rotatable bonds is 6. The van der Waals surface area contributed by atoms with Gasteiger partial charge in [-0.3, -0.25) is 4.79 Å². The molecule has 1 atom stereocenters. The summed E-state index contributed by atoms with van der Waals surface area (Å²) in [5, 5.41) is 0. The van der Waals surface area contributed by atoms with Gasteiger partial charge in [0, 0.05) is 13.0 Å². The smallest absolute Gasteiger partial charge is 0.223 e. The van der Waals surface area contributed by atoms with Crippen LogP contribution in [-0.2, 0) is 10.2 Å². The van der Waals surface area contributed by atoms with Gasteiger partial charge in [-0.15, -0.1) is 0 Å². The number of amides is 1. The number of nitrogens with one attached hydrogen (secondary N) is 1. The molecule has 158 valence electrons. The van der Waals surface area contributed by atoms with Gasteiger partial charge in [-0.25, -0.2) is 4.98 Å². The van der Waals surface area contributed by atoms with E-state index in [0.717, 1.165) is 42.0 Å². The molecular weight excluding hydrogens is 374 g/mol. The lowest BCUT2D eigenvalue weighted by Crippen LogP contribution is -2.31. The van der Waals surface area contributed by atoms with Gasteiger partial charge >= 0.3 is 0 Å². The molecular formula is C25H31N3O2. The second-order valence-corrected chi connectivity index (χ2v) is 9.11. The van der Waals surface area contributed by atoms with Crippen molar-refractivity contribution in [1.29, 1.82) is 0 Å². The molecule has 4 rings (SSSR count). The quantitative estimate of drug-likeness (QED) is 0.560. The van der Waals surface area contributed by atoms with E-state index in [4.69, 9.17) is 9.72 Å². The van der Waals surface area contributed by atoms with Crippen LogP contribution < -0.4 is 4.74 Å². The van der Waals surface area contributed by atoms with E-state index in [-0.39, 0.29) is 17.4 Å². The van der Waals surface area contributed by atoms with E-state index >= 15 is 0 Å². The maximum atomic E-state index is 12.8. The second-order valence-electron chi connectivity index (χ2n) is 9.11. The Balaban J connectivity index is 1.29. The Kier molecular flexibility index (Phi) is 5.80. The van der Waals surface area contributed by atoms with Crippen LogP contribution in [0.1, 0.15) is 63.9 Å². The molecule has 1 amide bonds. The SMILES string of the molecule is CC(C)(C)c1ccc(OCCCC(=O)N2CCCC2c2nc3ccccc3[nH]2)cc1. The molecule has 1 fully saturated rings. The first-order valence-electron chi connectivity index (χ1n) is 10.9. The van der Waals surface area contributed by atoms with Crippen molar-refractivity contribution in [2.24, 2.45) is 0 Å². The van der Waals surface area contributed by atoms with Crippen LogP contribution in [-0.4, -0.2) is 33.9 Å². The number of nitrogens with zero attached hydrogens (tertiary/aromatic N) is 2. The van der Waals surface area contributed by atoms with E-state index in [1.165, 1.54) is 5.56 Å². The minimum atomic E-state index is 0.0516. The van der Waals surface area contributed by atoms with Gasteiger partial charge in [-0.05, 0) is 54.5 Å². The van der Waals surface area contributed by atoms with Gasteiger partial charge in [0.2, 0.25) is 5.91 Å². The van der Waals surface area contributed by atoms with Crippen molar-refractivity contribution in [3.8, 4) is 5.75 Å². The lowest BCUT2D eigenvalue weighted by atomic mass is 9.87. The number of H-pyrrole nitrogens is 1. The lowest BCUT2D eigenvalue weighted by Gasteiger charge is -2.23. The number of hydrogen-bond acceptors (Lipinski definition) is 3. The normalized spacial score (nSPS) is 16.9. The number of carbonyl (C=O) groups is 1. The fourth-order valence-electron chi connectivity index (χ4n) is 4.09. The summed E-state index contributed by atoms with van der Waals surface area (Å²) in [7, 11) is 0. The number of aromatic amines is 1. The number of carbonyl (C=O) groups excluding carboxylic acids is 1. The first-order chi connectivity index (χ1) is 14.4. The van der Waals surface area contributed by atoms with Crippen LogP contribution in [0.4, 0.5) is 0 Å². The molecule has 0 aliphatic carbocycles. The average molecular weight is 406 g/mol. The van der Waals surface area contributed by atoms with Crippen molar-refractivity contribution in [1.82, 2.24) is 14.9 Å². The zero-order chi connectivity index (χ0) is 21.1. The van der Waals surface area contributed by atoms with Crippen molar-refractivity contribution in [2.75, 3.05) is 13.2 Å². The van der Waals surface area contributed by atoms with E-state index in [9.17, 15) is 4.79 Å². The fraction of sp³-hybridized carbons (Fsp3) is 0.440. The molecule has 1 unspecified atom stereocenters. The summed E-state index contributed by atoms with van der Waals surface area (Å²) in [6.07, 6.45) is 3.19. The molecule has 0 radical (unpaired) electrons. The highest BCUT2D eigenvalue weighted by atomic mass is 16.5. The molecule has 1 aliphatic heterocycles. The minimum absolute atomic E-state index is 0.0516. The predicted octanol–water partition coefficient (Wildman–Crippen LogP) is 5.38. The van der Waals surface area contributed by atoms with Crippen molar-refractivity contribution >= 4 is 16.9 Å². The Bertz CT molecular complexity index is 968. The molecule has 30 heavy (non-hydrogen) atoms. The third-order valence-electron chi connectivity index (χ3n) is 5.82. The van der Waals surface area contributed by atoms with Gasteiger partial charge < -0.3 is 14.6 Å². The molecule has 1 aromatic heterocycles. The standard InChI is InChI=1S/C25H31N3O2/c1-25(2,3)18-12-14-19(15-13-18)30-17-7-11-23(29)28-16-6-10-22(28)24-26-20-8-4-5-9-21(20)27-24/h4-5,8-9,12-15,22H,6-7,10-11,16-17H2,1-3H3,(H,26,27). The highest BCUT2D eigenvalue weighted by Crippen LogP contribution is 2.32. The summed E-state index contributed by atoms with van der Waals surface area (Å²) in [5.74, 6) is 1.94. The van der Waals surface area contributed by atoms with E-state index < -0.39 is 0 Å². The summed E-state index contributed by atoms with van der Waals surface area (Å²) in [5.41, 5.74) is 3.41. The van der Waals surface area contributed by atoms with Crippen molar-refractivity contribution in [3.63, 3.8) is 0 Å². The summed E-state index contributed by atoms with van der Waals surface area (Å²) in [6.45, 7) is 7.95. The Hall–Kier alpha value is -2.82. The number of imidazole rings is 1. The Morgan fingerprint density at radius 3 is 2.67 bits per heavy atom. The highest BCUT2D eigenvalue weighted by Gasteiger charge is 2.31. The molecule has 5 heteroatoms. The van der Waals surface area contributed by atoms with Crippen LogP contribution in [0.2, 0.25) is 0 Å². The summed E-state index contributed by atoms with van der Waals surface area (Å²) in [6, 6.07) is 16.3. The molecule has 2 heterocycles. The molecule has 1 saturated heterocycles. The van der Waals surface area contributed by atoms with E-state index in [1.54, 1.807) is 0 Å². The van der Waals surface area contributed by atoms with Crippen LogP contribution >= 0.6 is 0 Å². The maximum Gasteiger partial charge on any atom is 0.223 e. The minimum Gasteiger partial charge on any atom is -0.494 e. The predicted molar refractivity (Wildman–Crippen MR) is 120 cm³/mol. The van der Waals surface area contributed by atoms with Gasteiger partial charge in [0.1, 0.15) is 11.6 Å². The van der Waals surface area contributed by atoms with Crippen molar-refractivity contribution in [2.45, 2.75) is 57.9 Å². The van der Waals surface area contributed by atoms with Crippen LogP contribution in [0.3, 0.4) is 0 Å². The Morgan fingerprint density at radius 2 is 1.93 bits per heavy atom. The number of ether oxygens (including phenoxy) is 1. The molecule has 2 aromatic carbocycles. The molecule has 0 spiro atoms. The van der Waals surface area contributed by atoms with Crippen LogP contribution in [0.5, 0.6) is 5.75 Å². The molecule has 0 bridgehead atoms. The fourth-order valence-corrected chi connectivity index (χ4v) is 4.09. The van der Waals surface area contributed by atoms with Crippen LogP contribution in [0.25, 0.3) is 11.0 Å². The molecule has 1 N–H and O–H groups in total. The van der Waals surface area contributed by atoms with Gasteiger partial charge in [0.05, 0.1) is 23.7 Å². The number of likely N-dealkylation sites (tertiary alicyclic amines) is 1. The summed E-state index contributed by atoms with van der Waals surface area (Å²) < 4.78 is 5.85. The first-order valence-corrected chi connectivity index (χ1v) is 10.9. The third-order valence-corrected chi connectivity index (χ3v) is 5.82. The third kappa shape index (κ3) is 4.50. The topological polar surface area (TPSA) is 58.2 Å². The number of aromatic nitrogens is 2. The van der Waals surface area contributed by atoms with Gasteiger partial charge in [-0.2, -0.15) is 0 Å². The average Bonchev–Trinajstić information content (AvgIpc) is 3.37. The lowest BCUT2D eigenvalue weighted by molar-refractivity contribution is -0.132. The maximum absolute atomic E-state index is 12.8. The molecule has 0 saturated carbocycles. The molecule has 3 aromatic rings. The van der Waals surface area contributed by atoms with Gasteiger partial charge in [0.15, 0.2) is 0 Å². The highest BCUT2D eigenvalue weighted by molar-refractivity contribution is 5.78. The number of para-hydroxylation sites is 2. The zero-order valence-corrected chi connectivity index (χ0v) is 18.1. The Morgan fingerprint density at radius 1 is 1.17 bits per heavy atom. The monoisotopic (exact) mass is 405 g/mol. The number of benzene rings is 2. The Labute approximate surface area is 178 Å².